The molecule has 0 saturated heterocycles. The third kappa shape index (κ3) is 3.20. The van der Waals surface area contributed by atoms with Crippen molar-refractivity contribution in [3.8, 4) is 5.75 Å². The van der Waals surface area contributed by atoms with Gasteiger partial charge >= 0.3 is 0 Å². The van der Waals surface area contributed by atoms with Crippen molar-refractivity contribution in [1.29, 1.82) is 0 Å². The highest BCUT2D eigenvalue weighted by molar-refractivity contribution is 5.95. The van der Waals surface area contributed by atoms with Crippen LogP contribution in [-0.2, 0) is 0 Å². The summed E-state index contributed by atoms with van der Waals surface area (Å²) >= 11 is 0. The largest absolute Gasteiger partial charge is 0.491 e. The number of hydrogen-bond donors (Lipinski definition) is 2. The van der Waals surface area contributed by atoms with Gasteiger partial charge in [-0.05, 0) is 38.5 Å². The average Bonchev–Trinajstić information content (AvgIpc) is 2.93. The quantitative estimate of drug-likeness (QED) is 0.825. The second-order valence-electron chi connectivity index (χ2n) is 4.67. The fraction of sp³-hybridized carbons (Fsp3) is 0.462. The molecule has 2 atom stereocenters. The molecule has 92 valence electrons. The Bertz CT molecular complexity index is 418. The molecular weight excluding hydrogens is 216 g/mol. The summed E-state index contributed by atoms with van der Waals surface area (Å²) in [5, 5.41) is 2.88. The van der Waals surface area contributed by atoms with E-state index >= 15 is 0 Å². The number of benzene rings is 1. The third-order valence-electron chi connectivity index (χ3n) is 2.62. The summed E-state index contributed by atoms with van der Waals surface area (Å²) in [4.78, 5) is 11.9. The van der Waals surface area contributed by atoms with Crippen molar-refractivity contribution in [3.63, 3.8) is 0 Å². The van der Waals surface area contributed by atoms with E-state index in [-0.39, 0.29) is 24.1 Å². The molecular formula is C13H18N2O2. The molecule has 0 aliphatic heterocycles. The summed E-state index contributed by atoms with van der Waals surface area (Å²) in [7, 11) is 0. The second-order valence-corrected chi connectivity index (χ2v) is 4.67. The first-order valence-corrected chi connectivity index (χ1v) is 5.89. The number of ether oxygens (including phenoxy) is 1. The fourth-order valence-electron chi connectivity index (χ4n) is 1.62. The predicted octanol–water partition coefficient (Wildman–Crippen LogP) is 1.30. The minimum Gasteiger partial charge on any atom is -0.491 e. The van der Waals surface area contributed by atoms with Gasteiger partial charge in [-0.3, -0.25) is 4.79 Å². The van der Waals surface area contributed by atoms with Gasteiger partial charge in [-0.1, -0.05) is 6.07 Å². The number of amides is 1. The van der Waals surface area contributed by atoms with Crippen LogP contribution < -0.4 is 15.8 Å². The maximum Gasteiger partial charge on any atom is 0.251 e. The molecule has 4 nitrogen and oxygen atoms in total. The number of carbonyl (C=O) groups excluding carboxylic acids is 1. The fourth-order valence-corrected chi connectivity index (χ4v) is 1.62. The Morgan fingerprint density at radius 3 is 2.82 bits per heavy atom. The molecule has 1 aromatic carbocycles. The van der Waals surface area contributed by atoms with Crippen LogP contribution in [0.15, 0.2) is 24.3 Å². The van der Waals surface area contributed by atoms with Crippen molar-refractivity contribution in [2.24, 2.45) is 5.73 Å². The van der Waals surface area contributed by atoms with Crippen molar-refractivity contribution in [2.75, 3.05) is 0 Å². The molecule has 17 heavy (non-hydrogen) atoms. The van der Waals surface area contributed by atoms with Gasteiger partial charge in [0.2, 0.25) is 0 Å². The van der Waals surface area contributed by atoms with Crippen LogP contribution in [0.2, 0.25) is 0 Å². The zero-order chi connectivity index (χ0) is 12.4. The molecule has 1 saturated carbocycles. The molecule has 1 aliphatic rings. The zero-order valence-corrected chi connectivity index (χ0v) is 10.1. The normalized spacial score (nSPS) is 22.4. The number of hydrogen-bond acceptors (Lipinski definition) is 3. The van der Waals surface area contributed by atoms with Crippen molar-refractivity contribution < 1.29 is 9.53 Å². The highest BCUT2D eigenvalue weighted by Gasteiger charge is 2.34. The maximum absolute atomic E-state index is 11.9. The van der Waals surface area contributed by atoms with E-state index in [4.69, 9.17) is 10.5 Å². The topological polar surface area (TPSA) is 64.3 Å². The van der Waals surface area contributed by atoms with Gasteiger partial charge in [0, 0.05) is 17.6 Å². The first-order chi connectivity index (χ1) is 8.06. The van der Waals surface area contributed by atoms with Crippen molar-refractivity contribution >= 4 is 5.91 Å². The van der Waals surface area contributed by atoms with Crippen LogP contribution in [0.1, 0.15) is 30.6 Å². The van der Waals surface area contributed by atoms with Crippen LogP contribution in [0.4, 0.5) is 0 Å². The maximum atomic E-state index is 11.9. The number of nitrogens with two attached hydrogens (primary N) is 1. The van der Waals surface area contributed by atoms with E-state index in [9.17, 15) is 4.79 Å². The van der Waals surface area contributed by atoms with Gasteiger partial charge in [-0.2, -0.15) is 0 Å². The van der Waals surface area contributed by atoms with E-state index in [2.05, 4.69) is 5.32 Å². The Balaban J connectivity index is 2.02. The van der Waals surface area contributed by atoms with Crippen LogP contribution in [0.25, 0.3) is 0 Å². The lowest BCUT2D eigenvalue weighted by Gasteiger charge is -2.10. The Hall–Kier alpha value is -1.55. The molecule has 0 radical (unpaired) electrons. The van der Waals surface area contributed by atoms with Crippen molar-refractivity contribution in [2.45, 2.75) is 38.5 Å². The second kappa shape index (κ2) is 4.75. The average molecular weight is 234 g/mol. The van der Waals surface area contributed by atoms with Crippen LogP contribution in [0.3, 0.4) is 0 Å². The molecule has 1 fully saturated rings. The van der Waals surface area contributed by atoms with E-state index in [1.54, 1.807) is 12.1 Å². The molecule has 0 heterocycles. The van der Waals surface area contributed by atoms with Gasteiger partial charge in [0.25, 0.3) is 5.91 Å². The van der Waals surface area contributed by atoms with Crippen LogP contribution in [0.5, 0.6) is 5.75 Å². The molecule has 2 unspecified atom stereocenters. The number of carbonyl (C=O) groups is 1. The predicted molar refractivity (Wildman–Crippen MR) is 66.1 cm³/mol. The first-order valence-electron chi connectivity index (χ1n) is 5.89. The van der Waals surface area contributed by atoms with E-state index in [1.165, 1.54) is 0 Å². The Labute approximate surface area is 101 Å². The summed E-state index contributed by atoms with van der Waals surface area (Å²) in [6, 6.07) is 7.45. The van der Waals surface area contributed by atoms with Gasteiger partial charge in [-0.25, -0.2) is 0 Å². The summed E-state index contributed by atoms with van der Waals surface area (Å²) < 4.78 is 5.54. The Morgan fingerprint density at radius 1 is 1.53 bits per heavy atom. The van der Waals surface area contributed by atoms with E-state index in [1.807, 2.05) is 26.0 Å². The highest BCUT2D eigenvalue weighted by Crippen LogP contribution is 2.20. The minimum absolute atomic E-state index is 0.0860. The van der Waals surface area contributed by atoms with Gasteiger partial charge in [0.05, 0.1) is 6.10 Å². The molecule has 0 aromatic heterocycles. The molecule has 1 aliphatic carbocycles. The summed E-state index contributed by atoms with van der Waals surface area (Å²) in [6.45, 7) is 3.91. The van der Waals surface area contributed by atoms with Gasteiger partial charge in [0.1, 0.15) is 5.75 Å². The van der Waals surface area contributed by atoms with E-state index in [0.717, 1.165) is 6.42 Å². The van der Waals surface area contributed by atoms with E-state index in [0.29, 0.717) is 11.3 Å². The van der Waals surface area contributed by atoms with Crippen molar-refractivity contribution in [1.82, 2.24) is 5.32 Å². The van der Waals surface area contributed by atoms with Crippen LogP contribution in [0, 0.1) is 0 Å². The Kier molecular flexibility index (Phi) is 3.33. The van der Waals surface area contributed by atoms with Crippen molar-refractivity contribution in [3.05, 3.63) is 29.8 Å². The van der Waals surface area contributed by atoms with Gasteiger partial charge < -0.3 is 15.8 Å². The lowest BCUT2D eigenvalue weighted by Crippen LogP contribution is -2.29. The smallest absolute Gasteiger partial charge is 0.251 e. The molecule has 3 N–H and O–H groups in total. The molecule has 0 bridgehead atoms. The lowest BCUT2D eigenvalue weighted by atomic mass is 10.2. The zero-order valence-electron chi connectivity index (χ0n) is 10.1. The standard InChI is InChI=1S/C13H18N2O2/c1-8(2)17-10-5-3-4-9(6-10)13(16)15-12-7-11(12)14/h3-6,8,11-12H,7,14H2,1-2H3,(H,15,16). The molecule has 1 aromatic rings. The van der Waals surface area contributed by atoms with Crippen LogP contribution in [-0.4, -0.2) is 24.1 Å². The molecule has 4 heteroatoms. The van der Waals surface area contributed by atoms with Gasteiger partial charge in [-0.15, -0.1) is 0 Å². The van der Waals surface area contributed by atoms with E-state index < -0.39 is 0 Å². The molecule has 2 rings (SSSR count). The third-order valence-corrected chi connectivity index (χ3v) is 2.62. The lowest BCUT2D eigenvalue weighted by molar-refractivity contribution is 0.0949. The number of rotatable bonds is 4. The monoisotopic (exact) mass is 234 g/mol. The van der Waals surface area contributed by atoms with Crippen LogP contribution >= 0.6 is 0 Å². The summed E-state index contributed by atoms with van der Waals surface area (Å²) in [6.07, 6.45) is 0.971. The molecule has 0 spiro atoms. The summed E-state index contributed by atoms with van der Waals surface area (Å²) in [5.74, 6) is 0.630. The summed E-state index contributed by atoms with van der Waals surface area (Å²) in [5.41, 5.74) is 6.26. The van der Waals surface area contributed by atoms with Gasteiger partial charge in [0.15, 0.2) is 0 Å². The SMILES string of the molecule is CC(C)Oc1cccc(C(=O)NC2CC2N)c1. The first kappa shape index (κ1) is 11.9. The molecule has 1 amide bonds. The Morgan fingerprint density at radius 2 is 2.24 bits per heavy atom. The number of nitrogens with one attached hydrogen (secondary N) is 1. The highest BCUT2D eigenvalue weighted by atomic mass is 16.5. The minimum atomic E-state index is -0.0860.